The lowest BCUT2D eigenvalue weighted by atomic mass is 9.86. The molecule has 1 aliphatic rings. The van der Waals surface area contributed by atoms with Gasteiger partial charge in [0.25, 0.3) is 5.91 Å². The van der Waals surface area contributed by atoms with Crippen molar-refractivity contribution in [2.45, 2.75) is 53.2 Å². The van der Waals surface area contributed by atoms with Gasteiger partial charge in [-0.05, 0) is 44.0 Å². The summed E-state index contributed by atoms with van der Waals surface area (Å²) >= 11 is 0. The van der Waals surface area contributed by atoms with Crippen LogP contribution in [0.5, 0.6) is 0 Å². The zero-order valence-electron chi connectivity index (χ0n) is 18.7. The molecule has 8 heteroatoms. The van der Waals surface area contributed by atoms with Gasteiger partial charge >= 0.3 is 0 Å². The maximum Gasteiger partial charge on any atom is 0.272 e. The summed E-state index contributed by atoms with van der Waals surface area (Å²) in [7, 11) is 3.62. The average molecular weight is 413 g/mol. The molecule has 2 amide bonds. The lowest BCUT2D eigenvalue weighted by molar-refractivity contribution is -0.124. The van der Waals surface area contributed by atoms with E-state index in [1.54, 1.807) is 19.4 Å². The molecule has 0 saturated carbocycles. The average Bonchev–Trinajstić information content (AvgIpc) is 2.91. The Bertz CT molecular complexity index is 944. The van der Waals surface area contributed by atoms with Crippen LogP contribution >= 0.6 is 0 Å². The molecule has 0 unspecified atom stereocenters. The summed E-state index contributed by atoms with van der Waals surface area (Å²) in [6.07, 6.45) is 4.52. The number of nitrogens with one attached hydrogen (secondary N) is 2. The van der Waals surface area contributed by atoms with E-state index in [4.69, 9.17) is 4.98 Å². The van der Waals surface area contributed by atoms with Crippen molar-refractivity contribution >= 4 is 11.8 Å². The van der Waals surface area contributed by atoms with Crippen molar-refractivity contribution in [1.29, 1.82) is 0 Å². The van der Waals surface area contributed by atoms with Crippen molar-refractivity contribution in [2.75, 3.05) is 20.6 Å². The van der Waals surface area contributed by atoms with Gasteiger partial charge in [-0.3, -0.25) is 14.6 Å². The summed E-state index contributed by atoms with van der Waals surface area (Å²) in [5, 5.41) is 5.58. The molecule has 8 nitrogen and oxygen atoms in total. The molecule has 30 heavy (non-hydrogen) atoms. The summed E-state index contributed by atoms with van der Waals surface area (Å²) in [5.74, 6) is 0.233. The molecule has 0 fully saturated rings. The topological polar surface area (TPSA) is 92.1 Å². The van der Waals surface area contributed by atoms with Crippen LogP contribution in [0.2, 0.25) is 0 Å². The molecule has 0 bridgehead atoms. The molecule has 2 N–H and O–H groups in total. The fourth-order valence-corrected chi connectivity index (χ4v) is 3.85. The van der Waals surface area contributed by atoms with Crippen molar-refractivity contribution in [3.8, 4) is 11.4 Å². The molecule has 0 aromatic carbocycles. The quantitative estimate of drug-likeness (QED) is 0.801. The molecule has 2 aromatic rings. The van der Waals surface area contributed by atoms with Crippen LogP contribution < -0.4 is 10.6 Å². The number of hydrogen-bond donors (Lipinski definition) is 2. The van der Waals surface area contributed by atoms with Gasteiger partial charge in [0.05, 0.1) is 5.69 Å². The number of carbonyl (C=O) groups excluding carboxylic acids is 2. The third kappa shape index (κ3) is 4.38. The summed E-state index contributed by atoms with van der Waals surface area (Å²) in [5.41, 5.74) is 2.80. The van der Waals surface area contributed by atoms with E-state index in [-0.39, 0.29) is 11.8 Å². The van der Waals surface area contributed by atoms with Crippen molar-refractivity contribution in [3.05, 3.63) is 35.4 Å². The van der Waals surface area contributed by atoms with Crippen molar-refractivity contribution < 1.29 is 9.59 Å². The molecule has 162 valence electrons. The predicted octanol–water partition coefficient (Wildman–Crippen LogP) is 1.98. The number of hydrogen-bond acceptors (Lipinski definition) is 5. The number of pyridine rings is 1. The van der Waals surface area contributed by atoms with E-state index in [9.17, 15) is 9.59 Å². The van der Waals surface area contributed by atoms with Crippen LogP contribution in [0.25, 0.3) is 11.4 Å². The number of likely N-dealkylation sites (N-methyl/N-ethyl adjacent to an activating group) is 1. The minimum Gasteiger partial charge on any atom is -0.357 e. The van der Waals surface area contributed by atoms with Crippen LogP contribution in [-0.4, -0.2) is 57.9 Å². The van der Waals surface area contributed by atoms with Gasteiger partial charge in [-0.15, -0.1) is 0 Å². The summed E-state index contributed by atoms with van der Waals surface area (Å²) in [4.78, 5) is 36.9. The molecule has 0 spiro atoms. The third-order valence-electron chi connectivity index (χ3n) is 5.54. The Morgan fingerprint density at radius 2 is 1.97 bits per heavy atom. The molecule has 0 saturated heterocycles. The second kappa shape index (κ2) is 8.55. The first-order chi connectivity index (χ1) is 14.1. The zero-order valence-corrected chi connectivity index (χ0v) is 18.7. The van der Waals surface area contributed by atoms with Gasteiger partial charge in [-0.2, -0.15) is 0 Å². The lowest BCUT2D eigenvalue weighted by Gasteiger charge is -2.29. The normalized spacial score (nSPS) is 15.8. The number of aryl methyl sites for hydroxylation is 1. The monoisotopic (exact) mass is 412 g/mol. The van der Waals surface area contributed by atoms with Crippen LogP contribution in [0.3, 0.4) is 0 Å². The molecule has 1 atom stereocenters. The number of aromatic nitrogens is 3. The molecule has 2 aromatic heterocycles. The minimum absolute atomic E-state index is 0.219. The van der Waals surface area contributed by atoms with E-state index >= 15 is 0 Å². The number of carbonyl (C=O) groups is 2. The van der Waals surface area contributed by atoms with E-state index in [0.29, 0.717) is 12.2 Å². The van der Waals surface area contributed by atoms with Crippen LogP contribution in [0.15, 0.2) is 18.5 Å². The Balaban J connectivity index is 2.07. The van der Waals surface area contributed by atoms with E-state index in [0.717, 1.165) is 42.2 Å². The van der Waals surface area contributed by atoms with E-state index < -0.39 is 11.5 Å². The summed E-state index contributed by atoms with van der Waals surface area (Å²) in [6, 6.07) is 1.27. The number of nitrogens with zero attached hydrogens (tertiary/aromatic N) is 4. The highest BCUT2D eigenvalue weighted by molar-refractivity contribution is 5.98. The standard InChI is InChI=1S/C22H32N6O2/c1-14-12-24-9-8-15(14)19-25-17(16-13-27(6)10-7-11-28(16)19)20(29)26-18(21(30)23-5)22(2,3)4/h8-9,12,18H,7,10-11,13H2,1-6H3,(H,23,30)(H,26,29)/t18-/m1/s1. The lowest BCUT2D eigenvalue weighted by Crippen LogP contribution is -2.53. The molecule has 3 heterocycles. The Morgan fingerprint density at radius 3 is 2.60 bits per heavy atom. The maximum absolute atomic E-state index is 13.3. The number of fused-ring (bicyclic) bond motifs is 1. The van der Waals surface area contributed by atoms with E-state index in [1.807, 2.05) is 40.8 Å². The number of rotatable bonds is 4. The molecule has 1 aliphatic heterocycles. The van der Waals surface area contributed by atoms with E-state index in [2.05, 4.69) is 25.1 Å². The van der Waals surface area contributed by atoms with Gasteiger partial charge in [0, 0.05) is 38.1 Å². The predicted molar refractivity (Wildman–Crippen MR) is 116 cm³/mol. The Kier molecular flexibility index (Phi) is 6.26. The maximum atomic E-state index is 13.3. The van der Waals surface area contributed by atoms with Gasteiger partial charge in [0.1, 0.15) is 11.9 Å². The Morgan fingerprint density at radius 1 is 1.23 bits per heavy atom. The first-order valence-electron chi connectivity index (χ1n) is 10.3. The molecule has 0 radical (unpaired) electrons. The fourth-order valence-electron chi connectivity index (χ4n) is 3.85. The highest BCUT2D eigenvalue weighted by Gasteiger charge is 2.34. The summed E-state index contributed by atoms with van der Waals surface area (Å²) in [6.45, 7) is 10.1. The van der Waals surface area contributed by atoms with Crippen molar-refractivity contribution in [2.24, 2.45) is 5.41 Å². The minimum atomic E-state index is -0.665. The van der Waals surface area contributed by atoms with Gasteiger partial charge in [-0.1, -0.05) is 20.8 Å². The zero-order chi connectivity index (χ0) is 22.1. The highest BCUT2D eigenvalue weighted by Crippen LogP contribution is 2.28. The van der Waals surface area contributed by atoms with Gasteiger partial charge in [0.2, 0.25) is 5.91 Å². The highest BCUT2D eigenvalue weighted by atomic mass is 16.2. The van der Waals surface area contributed by atoms with Crippen LogP contribution in [-0.2, 0) is 17.9 Å². The van der Waals surface area contributed by atoms with Crippen molar-refractivity contribution in [3.63, 3.8) is 0 Å². The second-order valence-electron chi connectivity index (χ2n) is 9.05. The van der Waals surface area contributed by atoms with Crippen LogP contribution in [0.1, 0.15) is 48.9 Å². The molecular weight excluding hydrogens is 380 g/mol. The smallest absolute Gasteiger partial charge is 0.272 e. The number of imidazole rings is 1. The molecule has 3 rings (SSSR count). The van der Waals surface area contributed by atoms with Crippen molar-refractivity contribution in [1.82, 2.24) is 30.1 Å². The van der Waals surface area contributed by atoms with Crippen LogP contribution in [0, 0.1) is 12.3 Å². The fraction of sp³-hybridized carbons (Fsp3) is 0.545. The summed E-state index contributed by atoms with van der Waals surface area (Å²) < 4.78 is 2.15. The number of amides is 2. The van der Waals surface area contributed by atoms with Gasteiger partial charge < -0.3 is 20.1 Å². The first kappa shape index (κ1) is 22.0. The first-order valence-corrected chi connectivity index (χ1v) is 10.3. The van der Waals surface area contributed by atoms with Crippen LogP contribution in [0.4, 0.5) is 0 Å². The third-order valence-corrected chi connectivity index (χ3v) is 5.54. The Hall–Kier alpha value is -2.74. The second-order valence-corrected chi connectivity index (χ2v) is 9.05. The van der Waals surface area contributed by atoms with E-state index in [1.165, 1.54) is 0 Å². The Labute approximate surface area is 178 Å². The molecular formula is C22H32N6O2. The largest absolute Gasteiger partial charge is 0.357 e. The van der Waals surface area contributed by atoms with Gasteiger partial charge in [-0.25, -0.2) is 4.98 Å². The molecule has 0 aliphatic carbocycles. The van der Waals surface area contributed by atoms with Gasteiger partial charge in [0.15, 0.2) is 5.69 Å². The SMILES string of the molecule is CNC(=O)[C@@H](NC(=O)c1nc(-c2ccncc2C)n2c1CN(C)CCC2)C(C)(C)C.